The normalized spacial score (nSPS) is 9.69. The zero-order chi connectivity index (χ0) is 10.0. The summed E-state index contributed by atoms with van der Waals surface area (Å²) in [7, 11) is 0. The minimum Gasteiger partial charge on any atom is -0.366 e. The van der Waals surface area contributed by atoms with Gasteiger partial charge in [0.05, 0.1) is 5.56 Å². The van der Waals surface area contributed by atoms with Gasteiger partial charge in [0.2, 0.25) is 5.91 Å². The fraction of sp³-hybridized carbons (Fsp3) is 0.200. The van der Waals surface area contributed by atoms with Crippen molar-refractivity contribution < 1.29 is 9.59 Å². The highest BCUT2D eigenvalue weighted by molar-refractivity contribution is 6.02. The van der Waals surface area contributed by atoms with Crippen LogP contribution in [-0.2, 0) is 0 Å². The van der Waals surface area contributed by atoms with Gasteiger partial charge in [0.1, 0.15) is 0 Å². The molecule has 1 rings (SSSR count). The molecule has 0 spiro atoms. The predicted molar refractivity (Wildman–Crippen MR) is 49.8 cm³/mol. The van der Waals surface area contributed by atoms with Crippen molar-refractivity contribution >= 4 is 12.2 Å². The summed E-state index contributed by atoms with van der Waals surface area (Å²) in [6, 6.07) is 3.58. The summed E-state index contributed by atoms with van der Waals surface area (Å²) in [6.45, 7) is 3.53. The van der Waals surface area contributed by atoms with Crippen LogP contribution in [0.5, 0.6) is 0 Å². The van der Waals surface area contributed by atoms with Crippen molar-refractivity contribution in [3.63, 3.8) is 0 Å². The lowest BCUT2D eigenvalue weighted by Crippen LogP contribution is -2.16. The number of carbonyl (C=O) groups excluding carboxylic acids is 2. The van der Waals surface area contributed by atoms with Crippen LogP contribution >= 0.6 is 0 Å². The summed E-state index contributed by atoms with van der Waals surface area (Å²) in [5.74, 6) is -0.552. The summed E-state index contributed by atoms with van der Waals surface area (Å²) in [6.07, 6.45) is 0.669. The molecule has 0 unspecified atom stereocenters. The predicted octanol–water partition coefficient (Wildman–Crippen LogP) is 1.21. The molecular weight excluding hydrogens is 166 g/mol. The number of aldehydes is 1. The SMILES string of the molecule is Cc1ccc(C)c(C(N)=O)c1C=O. The maximum absolute atomic E-state index is 11.0. The molecule has 0 heterocycles. The topological polar surface area (TPSA) is 60.2 Å². The van der Waals surface area contributed by atoms with Gasteiger partial charge >= 0.3 is 0 Å². The van der Waals surface area contributed by atoms with Gasteiger partial charge < -0.3 is 5.73 Å². The zero-order valence-corrected chi connectivity index (χ0v) is 7.63. The third-order valence-electron chi connectivity index (χ3n) is 2.04. The van der Waals surface area contributed by atoms with Crippen molar-refractivity contribution in [1.29, 1.82) is 0 Å². The molecule has 0 atom stereocenters. The smallest absolute Gasteiger partial charge is 0.249 e. The van der Waals surface area contributed by atoms with Crippen LogP contribution < -0.4 is 5.73 Å². The average molecular weight is 177 g/mol. The van der Waals surface area contributed by atoms with Gasteiger partial charge in [-0.25, -0.2) is 0 Å². The fourth-order valence-corrected chi connectivity index (χ4v) is 1.31. The van der Waals surface area contributed by atoms with Crippen LogP contribution in [0.2, 0.25) is 0 Å². The number of hydrogen-bond acceptors (Lipinski definition) is 2. The van der Waals surface area contributed by atoms with Gasteiger partial charge in [0.25, 0.3) is 0 Å². The fourth-order valence-electron chi connectivity index (χ4n) is 1.31. The molecule has 0 fully saturated rings. The van der Waals surface area contributed by atoms with Crippen LogP contribution in [0.3, 0.4) is 0 Å². The quantitative estimate of drug-likeness (QED) is 0.690. The molecule has 0 aliphatic carbocycles. The van der Waals surface area contributed by atoms with E-state index in [2.05, 4.69) is 0 Å². The summed E-state index contributed by atoms with van der Waals surface area (Å²) >= 11 is 0. The molecule has 0 radical (unpaired) electrons. The van der Waals surface area contributed by atoms with Crippen LogP contribution in [-0.4, -0.2) is 12.2 Å². The van der Waals surface area contributed by atoms with Crippen LogP contribution in [0.1, 0.15) is 31.8 Å². The first-order valence-corrected chi connectivity index (χ1v) is 3.93. The van der Waals surface area contributed by atoms with Gasteiger partial charge in [0, 0.05) is 5.56 Å². The minimum atomic E-state index is -0.552. The van der Waals surface area contributed by atoms with Crippen molar-refractivity contribution in [3.8, 4) is 0 Å². The molecular formula is C10H11NO2. The van der Waals surface area contributed by atoms with E-state index in [1.165, 1.54) is 0 Å². The Hall–Kier alpha value is -1.64. The van der Waals surface area contributed by atoms with E-state index >= 15 is 0 Å². The first-order valence-electron chi connectivity index (χ1n) is 3.93. The molecule has 1 aromatic carbocycles. The standard InChI is InChI=1S/C10H11NO2/c1-6-3-4-7(2)9(10(11)13)8(6)5-12/h3-5H,1-2H3,(H2,11,13). The van der Waals surface area contributed by atoms with Crippen LogP contribution in [0, 0.1) is 13.8 Å². The number of amides is 1. The molecule has 0 aliphatic rings. The Balaban J connectivity index is 3.52. The van der Waals surface area contributed by atoms with E-state index in [1.807, 2.05) is 0 Å². The molecule has 13 heavy (non-hydrogen) atoms. The number of benzene rings is 1. The first-order chi connectivity index (χ1) is 6.07. The number of nitrogens with two attached hydrogens (primary N) is 1. The van der Waals surface area contributed by atoms with Crippen molar-refractivity contribution in [2.75, 3.05) is 0 Å². The van der Waals surface area contributed by atoms with Crippen LogP contribution in [0.4, 0.5) is 0 Å². The lowest BCUT2D eigenvalue weighted by Gasteiger charge is -2.06. The number of aryl methyl sites for hydroxylation is 2. The second kappa shape index (κ2) is 3.39. The minimum absolute atomic E-state index is 0.329. The Morgan fingerprint density at radius 2 is 1.85 bits per heavy atom. The summed E-state index contributed by atoms with van der Waals surface area (Å²) in [4.78, 5) is 21.7. The lowest BCUT2D eigenvalue weighted by molar-refractivity contribution is 0.0992. The second-order valence-corrected chi connectivity index (χ2v) is 2.97. The number of primary amides is 1. The van der Waals surface area contributed by atoms with Gasteiger partial charge in [-0.2, -0.15) is 0 Å². The van der Waals surface area contributed by atoms with E-state index in [-0.39, 0.29) is 0 Å². The van der Waals surface area contributed by atoms with Gasteiger partial charge in [0.15, 0.2) is 6.29 Å². The molecule has 0 aliphatic heterocycles. The molecule has 1 amide bonds. The molecule has 3 heteroatoms. The van der Waals surface area contributed by atoms with Crippen molar-refractivity contribution in [1.82, 2.24) is 0 Å². The monoisotopic (exact) mass is 177 g/mol. The third kappa shape index (κ3) is 1.59. The van der Waals surface area contributed by atoms with E-state index in [1.54, 1.807) is 26.0 Å². The second-order valence-electron chi connectivity index (χ2n) is 2.97. The molecule has 0 aromatic heterocycles. The summed E-state index contributed by atoms with van der Waals surface area (Å²) < 4.78 is 0. The molecule has 68 valence electrons. The van der Waals surface area contributed by atoms with Crippen molar-refractivity contribution in [2.24, 2.45) is 5.73 Å². The first kappa shape index (κ1) is 9.45. The van der Waals surface area contributed by atoms with E-state index in [0.717, 1.165) is 11.1 Å². The van der Waals surface area contributed by atoms with Crippen molar-refractivity contribution in [2.45, 2.75) is 13.8 Å². The Morgan fingerprint density at radius 3 is 2.23 bits per heavy atom. The Bertz CT molecular complexity index is 369. The Kier molecular flexibility index (Phi) is 2.46. The van der Waals surface area contributed by atoms with Crippen LogP contribution in [0.15, 0.2) is 12.1 Å². The van der Waals surface area contributed by atoms with E-state index in [4.69, 9.17) is 5.73 Å². The van der Waals surface area contributed by atoms with Crippen molar-refractivity contribution in [3.05, 3.63) is 34.4 Å². The molecule has 0 bridgehead atoms. The van der Waals surface area contributed by atoms with E-state index in [9.17, 15) is 9.59 Å². The average Bonchev–Trinajstić information content (AvgIpc) is 2.07. The summed E-state index contributed by atoms with van der Waals surface area (Å²) in [5, 5.41) is 0. The maximum Gasteiger partial charge on any atom is 0.249 e. The largest absolute Gasteiger partial charge is 0.366 e. The van der Waals surface area contributed by atoms with Gasteiger partial charge in [-0.05, 0) is 25.0 Å². The number of rotatable bonds is 2. The molecule has 0 saturated heterocycles. The van der Waals surface area contributed by atoms with E-state index in [0.29, 0.717) is 17.4 Å². The highest BCUT2D eigenvalue weighted by Crippen LogP contribution is 2.15. The zero-order valence-electron chi connectivity index (χ0n) is 7.63. The summed E-state index contributed by atoms with van der Waals surface area (Å²) in [5.41, 5.74) is 7.40. The molecule has 0 saturated carbocycles. The maximum atomic E-state index is 11.0. The van der Waals surface area contributed by atoms with E-state index < -0.39 is 5.91 Å². The highest BCUT2D eigenvalue weighted by Gasteiger charge is 2.12. The lowest BCUT2D eigenvalue weighted by atomic mass is 9.98. The highest BCUT2D eigenvalue weighted by atomic mass is 16.1. The molecule has 2 N–H and O–H groups in total. The molecule has 3 nitrogen and oxygen atoms in total. The number of carbonyl (C=O) groups is 2. The molecule has 1 aromatic rings. The number of hydrogen-bond donors (Lipinski definition) is 1. The third-order valence-corrected chi connectivity index (χ3v) is 2.04. The Labute approximate surface area is 76.6 Å². The Morgan fingerprint density at radius 1 is 1.31 bits per heavy atom. The van der Waals surface area contributed by atoms with Crippen LogP contribution in [0.25, 0.3) is 0 Å². The van der Waals surface area contributed by atoms with Gasteiger partial charge in [-0.3, -0.25) is 9.59 Å². The van der Waals surface area contributed by atoms with Gasteiger partial charge in [-0.1, -0.05) is 12.1 Å². The van der Waals surface area contributed by atoms with Gasteiger partial charge in [-0.15, -0.1) is 0 Å².